The molecule has 5 nitrogen and oxygen atoms in total. The predicted molar refractivity (Wildman–Crippen MR) is 83.3 cm³/mol. The van der Waals surface area contributed by atoms with E-state index in [9.17, 15) is 14.4 Å². The van der Waals surface area contributed by atoms with Crippen LogP contribution in [0.25, 0.3) is 0 Å². The van der Waals surface area contributed by atoms with E-state index in [2.05, 4.69) is 0 Å². The number of rotatable bonds is 4. The lowest BCUT2D eigenvalue weighted by atomic mass is 9.85. The molecular formula is C17H16ClNO4. The van der Waals surface area contributed by atoms with Crippen molar-refractivity contribution in [3.05, 3.63) is 47.0 Å². The molecule has 0 aromatic heterocycles. The maximum absolute atomic E-state index is 12.3. The van der Waals surface area contributed by atoms with Crippen molar-refractivity contribution in [2.24, 2.45) is 11.8 Å². The number of hydrogen-bond donors (Lipinski definition) is 0. The maximum atomic E-state index is 12.3. The summed E-state index contributed by atoms with van der Waals surface area (Å²) >= 11 is 5.99. The van der Waals surface area contributed by atoms with Gasteiger partial charge in [-0.25, -0.2) is 0 Å². The third-order valence-corrected chi connectivity index (χ3v) is 4.60. The molecule has 1 aromatic rings. The lowest BCUT2D eigenvalue weighted by Crippen LogP contribution is -2.36. The molecule has 1 aliphatic carbocycles. The van der Waals surface area contributed by atoms with Gasteiger partial charge in [0, 0.05) is 10.6 Å². The monoisotopic (exact) mass is 333 g/mol. The van der Waals surface area contributed by atoms with Gasteiger partial charge in [0.05, 0.1) is 11.8 Å². The molecule has 2 unspecified atom stereocenters. The Morgan fingerprint density at radius 1 is 1.13 bits per heavy atom. The van der Waals surface area contributed by atoms with Crippen molar-refractivity contribution in [1.82, 2.24) is 4.90 Å². The van der Waals surface area contributed by atoms with Crippen molar-refractivity contribution >= 4 is 29.4 Å². The molecule has 0 bridgehead atoms. The van der Waals surface area contributed by atoms with E-state index in [4.69, 9.17) is 16.3 Å². The van der Waals surface area contributed by atoms with Crippen LogP contribution < -0.4 is 0 Å². The van der Waals surface area contributed by atoms with E-state index < -0.39 is 5.97 Å². The Hall–Kier alpha value is -2.14. The minimum atomic E-state index is -0.613. The smallest absolute Gasteiger partial charge is 0.326 e. The predicted octanol–water partition coefficient (Wildman–Crippen LogP) is 2.33. The van der Waals surface area contributed by atoms with Gasteiger partial charge in [0.2, 0.25) is 11.8 Å². The normalized spacial score (nSPS) is 23.1. The molecule has 120 valence electrons. The molecule has 1 fully saturated rings. The number of allylic oxidation sites excluding steroid dienone is 2. The largest absolute Gasteiger partial charge is 0.459 e. The van der Waals surface area contributed by atoms with Crippen LogP contribution in [-0.2, 0) is 25.7 Å². The summed E-state index contributed by atoms with van der Waals surface area (Å²) in [6, 6.07) is 7.03. The number of fused-ring (bicyclic) bond motifs is 1. The lowest BCUT2D eigenvalue weighted by molar-refractivity contribution is -0.153. The van der Waals surface area contributed by atoms with Crippen molar-refractivity contribution in [3.8, 4) is 0 Å². The van der Waals surface area contributed by atoms with Crippen molar-refractivity contribution in [2.45, 2.75) is 19.4 Å². The second-order valence-corrected chi connectivity index (χ2v) is 6.08. The van der Waals surface area contributed by atoms with E-state index in [1.807, 2.05) is 12.2 Å². The van der Waals surface area contributed by atoms with Gasteiger partial charge >= 0.3 is 5.97 Å². The number of carbonyl (C=O) groups is 3. The molecule has 1 aliphatic heterocycles. The highest BCUT2D eigenvalue weighted by Gasteiger charge is 2.47. The fourth-order valence-electron chi connectivity index (χ4n) is 2.97. The first-order chi connectivity index (χ1) is 11.1. The molecule has 1 heterocycles. The summed E-state index contributed by atoms with van der Waals surface area (Å²) in [6.45, 7) is -0.321. The molecule has 3 rings (SSSR count). The summed E-state index contributed by atoms with van der Waals surface area (Å²) in [4.78, 5) is 37.5. The topological polar surface area (TPSA) is 63.7 Å². The lowest BCUT2D eigenvalue weighted by Gasteiger charge is -2.14. The van der Waals surface area contributed by atoms with Gasteiger partial charge in [-0.15, -0.1) is 0 Å². The number of benzene rings is 1. The van der Waals surface area contributed by atoms with Crippen LogP contribution in [-0.4, -0.2) is 29.2 Å². The highest BCUT2D eigenvalue weighted by molar-refractivity contribution is 6.31. The van der Waals surface area contributed by atoms with Crippen LogP contribution in [0.3, 0.4) is 0 Å². The van der Waals surface area contributed by atoms with Crippen LogP contribution in [0.2, 0.25) is 5.02 Å². The quantitative estimate of drug-likeness (QED) is 0.482. The van der Waals surface area contributed by atoms with E-state index in [0.29, 0.717) is 23.4 Å². The first kappa shape index (κ1) is 15.7. The van der Waals surface area contributed by atoms with Gasteiger partial charge in [-0.1, -0.05) is 42.0 Å². The minimum Gasteiger partial charge on any atom is -0.459 e. The summed E-state index contributed by atoms with van der Waals surface area (Å²) in [5.74, 6) is -1.83. The average Bonchev–Trinajstić information content (AvgIpc) is 2.80. The molecule has 1 saturated heterocycles. The molecule has 0 N–H and O–H groups in total. The van der Waals surface area contributed by atoms with Crippen molar-refractivity contribution in [1.29, 1.82) is 0 Å². The Morgan fingerprint density at radius 3 is 2.35 bits per heavy atom. The third kappa shape index (κ3) is 3.15. The minimum absolute atomic E-state index is 0.0170. The number of halogens is 1. The molecule has 1 aromatic carbocycles. The first-order valence-corrected chi connectivity index (χ1v) is 7.85. The Labute approximate surface area is 138 Å². The van der Waals surface area contributed by atoms with E-state index in [-0.39, 0.29) is 36.8 Å². The number of likely N-dealkylation sites (tertiary alicyclic amines) is 1. The van der Waals surface area contributed by atoms with Crippen LogP contribution >= 0.6 is 11.6 Å². The zero-order valence-electron chi connectivity index (χ0n) is 12.4. The number of carbonyl (C=O) groups excluding carboxylic acids is 3. The number of ether oxygens (including phenoxy) is 1. The van der Waals surface area contributed by atoms with Crippen LogP contribution in [0, 0.1) is 11.8 Å². The Balaban J connectivity index is 1.59. The number of esters is 1. The molecular weight excluding hydrogens is 318 g/mol. The number of hydrogen-bond acceptors (Lipinski definition) is 4. The second kappa shape index (κ2) is 6.54. The first-order valence-electron chi connectivity index (χ1n) is 7.47. The Morgan fingerprint density at radius 2 is 1.74 bits per heavy atom. The van der Waals surface area contributed by atoms with Gasteiger partial charge in [0.15, 0.2) is 0 Å². The summed E-state index contributed by atoms with van der Waals surface area (Å²) in [5.41, 5.74) is 0.680. The zero-order chi connectivity index (χ0) is 16.4. The summed E-state index contributed by atoms with van der Waals surface area (Å²) < 4.78 is 5.14. The molecule has 2 amide bonds. The molecule has 0 radical (unpaired) electrons. The van der Waals surface area contributed by atoms with Crippen LogP contribution in [0.5, 0.6) is 0 Å². The van der Waals surface area contributed by atoms with Crippen molar-refractivity contribution in [2.75, 3.05) is 6.54 Å². The fourth-order valence-corrected chi connectivity index (χ4v) is 3.16. The van der Waals surface area contributed by atoms with E-state index in [1.165, 1.54) is 0 Å². The zero-order valence-corrected chi connectivity index (χ0v) is 13.2. The van der Waals surface area contributed by atoms with Crippen LogP contribution in [0.1, 0.15) is 18.4 Å². The average molecular weight is 334 g/mol. The Bertz CT molecular complexity index is 659. The van der Waals surface area contributed by atoms with Gasteiger partial charge in [-0.05, 0) is 18.9 Å². The molecule has 2 aliphatic rings. The number of amides is 2. The van der Waals surface area contributed by atoms with Gasteiger partial charge in [-0.2, -0.15) is 0 Å². The summed E-state index contributed by atoms with van der Waals surface area (Å²) in [5, 5.41) is 0.505. The SMILES string of the molecule is O=C(CN1C(=O)C2CC=CCC2C1=O)OCc1ccccc1Cl. The van der Waals surface area contributed by atoms with Crippen LogP contribution in [0.4, 0.5) is 0 Å². The standard InChI is InChI=1S/C17H16ClNO4/c18-14-8-4-1-5-11(14)10-23-15(20)9-19-16(21)12-6-2-3-7-13(12)17(19)22/h1-5,8,12-13H,6-7,9-10H2. The summed E-state index contributed by atoms with van der Waals surface area (Å²) in [6.07, 6.45) is 4.93. The Kier molecular flexibility index (Phi) is 4.48. The van der Waals surface area contributed by atoms with Crippen molar-refractivity contribution in [3.63, 3.8) is 0 Å². The summed E-state index contributed by atoms with van der Waals surface area (Å²) in [7, 11) is 0. The maximum Gasteiger partial charge on any atom is 0.326 e. The molecule has 2 atom stereocenters. The van der Waals surface area contributed by atoms with Gasteiger partial charge in [0.1, 0.15) is 13.2 Å². The van der Waals surface area contributed by atoms with Gasteiger partial charge < -0.3 is 4.74 Å². The molecule has 0 saturated carbocycles. The van der Waals surface area contributed by atoms with Crippen LogP contribution in [0.15, 0.2) is 36.4 Å². The molecule has 6 heteroatoms. The van der Waals surface area contributed by atoms with E-state index in [1.54, 1.807) is 24.3 Å². The number of imide groups is 1. The highest BCUT2D eigenvalue weighted by atomic mass is 35.5. The second-order valence-electron chi connectivity index (χ2n) is 5.67. The van der Waals surface area contributed by atoms with Gasteiger partial charge in [0.25, 0.3) is 0 Å². The highest BCUT2D eigenvalue weighted by Crippen LogP contribution is 2.34. The molecule has 0 spiro atoms. The van der Waals surface area contributed by atoms with E-state index in [0.717, 1.165) is 4.90 Å². The van der Waals surface area contributed by atoms with Gasteiger partial charge in [-0.3, -0.25) is 19.3 Å². The molecule has 23 heavy (non-hydrogen) atoms. The number of nitrogens with zero attached hydrogens (tertiary/aromatic N) is 1. The fraction of sp³-hybridized carbons (Fsp3) is 0.353. The van der Waals surface area contributed by atoms with E-state index >= 15 is 0 Å². The third-order valence-electron chi connectivity index (χ3n) is 4.23. The van der Waals surface area contributed by atoms with Crippen molar-refractivity contribution < 1.29 is 19.1 Å².